The number of hydrogen-bond donors (Lipinski definition) is 2. The van der Waals surface area contributed by atoms with Gasteiger partial charge in [-0.2, -0.15) is 10.9 Å². The number of oxime groups is 1. The van der Waals surface area contributed by atoms with Gasteiger partial charge in [-0.05, 0) is 72.2 Å². The number of carbonyl (C=O) groups is 1. The maximum Gasteiger partial charge on any atom is 0.193 e. The third-order valence-corrected chi connectivity index (χ3v) is 8.19. The normalized spacial score (nSPS) is 16.9. The molecular formula is C27H24N2O2S. The van der Waals surface area contributed by atoms with Crippen molar-refractivity contribution in [2.45, 2.75) is 25.3 Å². The largest absolute Gasteiger partial charge is 0.411 e. The number of ketones is 1. The first kappa shape index (κ1) is 20.3. The van der Waals surface area contributed by atoms with Crippen molar-refractivity contribution in [1.82, 2.24) is 4.57 Å². The molecule has 160 valence electrons. The van der Waals surface area contributed by atoms with E-state index >= 15 is 0 Å². The molecule has 3 aromatic carbocycles. The Labute approximate surface area is 189 Å². The number of rotatable bonds is 5. The second-order valence-corrected chi connectivity index (χ2v) is 9.94. The Morgan fingerprint density at radius 2 is 1.81 bits per heavy atom. The predicted molar refractivity (Wildman–Crippen MR) is 134 cm³/mol. The van der Waals surface area contributed by atoms with E-state index in [2.05, 4.69) is 46.3 Å². The summed E-state index contributed by atoms with van der Waals surface area (Å²) in [5.74, 6) is 0.0473. The van der Waals surface area contributed by atoms with Crippen LogP contribution < -0.4 is 0 Å². The second-order valence-electron chi connectivity index (χ2n) is 7.87. The van der Waals surface area contributed by atoms with E-state index in [1.807, 2.05) is 55.5 Å². The zero-order valence-corrected chi connectivity index (χ0v) is 18.9. The second kappa shape index (κ2) is 8.17. The van der Waals surface area contributed by atoms with Gasteiger partial charge >= 0.3 is 0 Å². The average molecular weight is 441 g/mol. The van der Waals surface area contributed by atoms with Crippen LogP contribution in [-0.2, 0) is 6.54 Å². The fourth-order valence-electron chi connectivity index (χ4n) is 4.50. The SMILES string of the molecule is CCn1c2ccc(C(=O)c3ccccc3C)cc2c2cc([SH]3C=CC=C3C=NO)ccc21. The molecule has 0 saturated carbocycles. The molecule has 0 amide bonds. The minimum atomic E-state index is -0.699. The standard InChI is InChI=1S/C27H24N2O2S/c1-3-29-25-12-10-19(27(30)22-9-5-4-7-18(22)2)15-23(25)24-16-20(11-13-26(24)29)32-14-6-8-21(32)17-28-31/h4-17,31-32H,3H2,1-2H3. The summed E-state index contributed by atoms with van der Waals surface area (Å²) in [6, 6.07) is 20.3. The summed E-state index contributed by atoms with van der Waals surface area (Å²) in [6.45, 7) is 4.96. The maximum absolute atomic E-state index is 13.3. The highest BCUT2D eigenvalue weighted by Crippen LogP contribution is 2.48. The monoisotopic (exact) mass is 440 g/mol. The van der Waals surface area contributed by atoms with E-state index in [-0.39, 0.29) is 5.78 Å². The van der Waals surface area contributed by atoms with E-state index in [1.165, 1.54) is 11.1 Å². The quantitative estimate of drug-likeness (QED) is 0.121. The lowest BCUT2D eigenvalue weighted by Crippen LogP contribution is -2.03. The van der Waals surface area contributed by atoms with E-state index in [4.69, 9.17) is 5.21 Å². The summed E-state index contributed by atoms with van der Waals surface area (Å²) in [5.41, 5.74) is 4.71. The lowest BCUT2D eigenvalue weighted by Gasteiger charge is -2.15. The van der Waals surface area contributed by atoms with Crippen LogP contribution in [0.1, 0.15) is 28.4 Å². The predicted octanol–water partition coefficient (Wildman–Crippen LogP) is 6.59. The molecule has 0 fully saturated rings. The summed E-state index contributed by atoms with van der Waals surface area (Å²) in [4.78, 5) is 15.5. The van der Waals surface area contributed by atoms with Crippen molar-refractivity contribution in [2.75, 3.05) is 0 Å². The molecule has 1 N–H and O–H groups in total. The van der Waals surface area contributed by atoms with Gasteiger partial charge in [0.05, 0.1) is 6.21 Å². The molecule has 1 aliphatic heterocycles. The number of aryl methyl sites for hydroxylation is 2. The van der Waals surface area contributed by atoms with Crippen LogP contribution in [0.4, 0.5) is 0 Å². The van der Waals surface area contributed by atoms with Gasteiger partial charge in [0, 0.05) is 44.4 Å². The summed E-state index contributed by atoms with van der Waals surface area (Å²) < 4.78 is 2.29. The van der Waals surface area contributed by atoms with E-state index in [9.17, 15) is 4.79 Å². The zero-order chi connectivity index (χ0) is 22.2. The van der Waals surface area contributed by atoms with Crippen LogP contribution in [0, 0.1) is 6.92 Å². The minimum Gasteiger partial charge on any atom is -0.411 e. The van der Waals surface area contributed by atoms with Crippen LogP contribution in [-0.4, -0.2) is 21.8 Å². The van der Waals surface area contributed by atoms with Gasteiger partial charge in [0.15, 0.2) is 5.78 Å². The molecule has 5 rings (SSSR count). The van der Waals surface area contributed by atoms with E-state index < -0.39 is 10.9 Å². The molecule has 5 heteroatoms. The van der Waals surface area contributed by atoms with Crippen LogP contribution in [0.5, 0.6) is 0 Å². The van der Waals surface area contributed by atoms with Crippen LogP contribution in [0.15, 0.2) is 93.2 Å². The Morgan fingerprint density at radius 3 is 2.56 bits per heavy atom. The first-order chi connectivity index (χ1) is 15.6. The summed E-state index contributed by atoms with van der Waals surface area (Å²) in [5, 5.41) is 16.6. The fourth-order valence-corrected chi connectivity index (χ4v) is 6.33. The third-order valence-electron chi connectivity index (χ3n) is 6.07. The topological polar surface area (TPSA) is 54.6 Å². The van der Waals surface area contributed by atoms with Crippen LogP contribution >= 0.6 is 10.9 Å². The van der Waals surface area contributed by atoms with Crippen LogP contribution in [0.2, 0.25) is 0 Å². The number of benzene rings is 3. The first-order valence-corrected chi connectivity index (χ1v) is 12.0. The maximum atomic E-state index is 13.3. The summed E-state index contributed by atoms with van der Waals surface area (Å²) in [7, 11) is -0.699. The van der Waals surface area contributed by atoms with Gasteiger partial charge in [-0.3, -0.25) is 4.79 Å². The molecule has 4 aromatic rings. The van der Waals surface area contributed by atoms with Crippen molar-refractivity contribution in [3.05, 3.63) is 99.8 Å². The highest BCUT2D eigenvalue weighted by molar-refractivity contribution is 8.23. The molecule has 2 heterocycles. The lowest BCUT2D eigenvalue weighted by atomic mass is 9.98. The van der Waals surface area contributed by atoms with Gasteiger partial charge in [-0.25, -0.2) is 0 Å². The molecule has 0 radical (unpaired) electrons. The average Bonchev–Trinajstić information content (AvgIpc) is 3.40. The van der Waals surface area contributed by atoms with Crippen molar-refractivity contribution in [3.63, 3.8) is 0 Å². The Hall–Kier alpha value is -3.57. The van der Waals surface area contributed by atoms with Crippen LogP contribution in [0.3, 0.4) is 0 Å². The van der Waals surface area contributed by atoms with Gasteiger partial charge in [-0.15, -0.1) is 0 Å². The molecule has 1 atom stereocenters. The molecule has 4 nitrogen and oxygen atoms in total. The van der Waals surface area contributed by atoms with Crippen molar-refractivity contribution < 1.29 is 10.0 Å². The first-order valence-electron chi connectivity index (χ1n) is 10.6. The number of fused-ring (bicyclic) bond motifs is 3. The Bertz CT molecular complexity index is 1460. The van der Waals surface area contributed by atoms with Gasteiger partial charge in [0.2, 0.25) is 0 Å². The smallest absolute Gasteiger partial charge is 0.193 e. The van der Waals surface area contributed by atoms with Crippen molar-refractivity contribution in [2.24, 2.45) is 5.16 Å². The number of hydrogen-bond acceptors (Lipinski definition) is 3. The minimum absolute atomic E-state index is 0.0473. The molecule has 32 heavy (non-hydrogen) atoms. The Morgan fingerprint density at radius 1 is 1.06 bits per heavy atom. The Balaban J connectivity index is 1.68. The van der Waals surface area contributed by atoms with E-state index in [1.54, 1.807) is 0 Å². The molecule has 0 saturated heterocycles. The van der Waals surface area contributed by atoms with Crippen molar-refractivity contribution in [3.8, 4) is 0 Å². The van der Waals surface area contributed by atoms with Crippen LogP contribution in [0.25, 0.3) is 21.8 Å². The highest BCUT2D eigenvalue weighted by atomic mass is 32.2. The van der Waals surface area contributed by atoms with Crippen molar-refractivity contribution in [1.29, 1.82) is 0 Å². The third kappa shape index (κ3) is 3.26. The number of thiol groups is 1. The number of nitrogens with zero attached hydrogens (tertiary/aromatic N) is 2. The molecular weight excluding hydrogens is 416 g/mol. The molecule has 1 unspecified atom stereocenters. The molecule has 1 aromatic heterocycles. The van der Waals surface area contributed by atoms with E-state index in [0.29, 0.717) is 5.56 Å². The van der Waals surface area contributed by atoms with Crippen molar-refractivity contribution >= 4 is 44.7 Å². The molecule has 0 bridgehead atoms. The number of carbonyl (C=O) groups excluding carboxylic acids is 1. The van der Waals surface area contributed by atoms with E-state index in [0.717, 1.165) is 44.4 Å². The fraction of sp³-hybridized carbons (Fsp3) is 0.111. The Kier molecular flexibility index (Phi) is 5.19. The highest BCUT2D eigenvalue weighted by Gasteiger charge is 2.18. The molecule has 0 aliphatic carbocycles. The van der Waals surface area contributed by atoms with Gasteiger partial charge in [-0.1, -0.05) is 35.5 Å². The number of allylic oxidation sites excluding steroid dienone is 3. The van der Waals surface area contributed by atoms with Gasteiger partial charge in [0.1, 0.15) is 0 Å². The lowest BCUT2D eigenvalue weighted by molar-refractivity contribution is 0.103. The summed E-state index contributed by atoms with van der Waals surface area (Å²) in [6.07, 6.45) is 5.52. The molecule has 0 spiro atoms. The van der Waals surface area contributed by atoms with Gasteiger partial charge < -0.3 is 9.77 Å². The zero-order valence-electron chi connectivity index (χ0n) is 18.0. The molecule has 1 aliphatic rings. The number of aromatic nitrogens is 1. The van der Waals surface area contributed by atoms with Gasteiger partial charge in [0.25, 0.3) is 0 Å². The summed E-state index contributed by atoms with van der Waals surface area (Å²) >= 11 is 0.